The van der Waals surface area contributed by atoms with Gasteiger partial charge in [-0.3, -0.25) is 9.59 Å². The first kappa shape index (κ1) is 14.8. The topological polar surface area (TPSA) is 84.2 Å². The van der Waals surface area contributed by atoms with E-state index >= 15 is 0 Å². The molecule has 0 radical (unpaired) electrons. The molecule has 0 saturated heterocycles. The van der Waals surface area contributed by atoms with Crippen LogP contribution in [0.3, 0.4) is 0 Å². The Hall–Kier alpha value is -1.56. The van der Waals surface area contributed by atoms with Crippen LogP contribution in [0.5, 0.6) is 0 Å². The van der Waals surface area contributed by atoms with Crippen molar-refractivity contribution >= 4 is 33.4 Å². The van der Waals surface area contributed by atoms with Gasteiger partial charge in [0.15, 0.2) is 0 Å². The molecule has 0 heterocycles. The second kappa shape index (κ2) is 6.74. The third-order valence-corrected chi connectivity index (χ3v) is 3.79. The highest BCUT2D eigenvalue weighted by molar-refractivity contribution is 9.10. The van der Waals surface area contributed by atoms with Crippen LogP contribution in [0.4, 0.5) is 5.69 Å². The number of nitrogen functional groups attached to an aromatic ring is 1. The molecule has 1 aliphatic carbocycles. The highest BCUT2D eigenvalue weighted by atomic mass is 79.9. The minimum absolute atomic E-state index is 0.0645. The number of hydrogen-bond donors (Lipinski definition) is 3. The van der Waals surface area contributed by atoms with E-state index in [4.69, 9.17) is 5.73 Å². The number of hydrogen-bond acceptors (Lipinski definition) is 3. The lowest BCUT2D eigenvalue weighted by molar-refractivity contribution is -0.121. The van der Waals surface area contributed by atoms with Gasteiger partial charge in [0.2, 0.25) is 5.91 Å². The molecule has 1 aliphatic rings. The van der Waals surface area contributed by atoms with Crippen LogP contribution in [-0.2, 0) is 4.79 Å². The summed E-state index contributed by atoms with van der Waals surface area (Å²) in [4.78, 5) is 23.3. The number of rotatable bonds is 6. The van der Waals surface area contributed by atoms with Crippen molar-refractivity contribution in [3.63, 3.8) is 0 Å². The lowest BCUT2D eigenvalue weighted by atomic mass is 10.2. The summed E-state index contributed by atoms with van der Waals surface area (Å²) in [6.07, 6.45) is 3.26. The van der Waals surface area contributed by atoms with Crippen molar-refractivity contribution in [2.24, 2.45) is 0 Å². The first-order valence-electron chi connectivity index (χ1n) is 6.69. The number of nitrogens with two attached hydrogens (primary N) is 1. The fraction of sp³-hybridized carbons (Fsp3) is 0.429. The molecule has 5 nitrogen and oxygen atoms in total. The second-order valence-electron chi connectivity index (χ2n) is 4.94. The summed E-state index contributed by atoms with van der Waals surface area (Å²) < 4.78 is 0.769. The van der Waals surface area contributed by atoms with Crippen molar-refractivity contribution in [1.82, 2.24) is 10.6 Å². The SMILES string of the molecule is Nc1cc(C(=O)NCCCC(=O)NC2CC2)ccc1Br. The molecular formula is C14H18BrN3O2. The van der Waals surface area contributed by atoms with Gasteiger partial charge in [0, 0.05) is 34.7 Å². The fourth-order valence-electron chi connectivity index (χ4n) is 1.77. The number of nitrogens with one attached hydrogen (secondary N) is 2. The Morgan fingerprint density at radius 2 is 2.10 bits per heavy atom. The Balaban J connectivity index is 1.68. The summed E-state index contributed by atoms with van der Waals surface area (Å²) >= 11 is 3.28. The maximum atomic E-state index is 11.9. The molecule has 108 valence electrons. The van der Waals surface area contributed by atoms with E-state index in [1.807, 2.05) is 0 Å². The van der Waals surface area contributed by atoms with Crippen molar-refractivity contribution in [2.45, 2.75) is 31.7 Å². The number of anilines is 1. The van der Waals surface area contributed by atoms with E-state index in [0.29, 0.717) is 36.7 Å². The Labute approximate surface area is 126 Å². The molecule has 1 aromatic rings. The predicted octanol–water partition coefficient (Wildman–Crippen LogP) is 1.82. The van der Waals surface area contributed by atoms with Crippen LogP contribution in [0.1, 0.15) is 36.0 Å². The molecule has 0 spiro atoms. The largest absolute Gasteiger partial charge is 0.398 e. The molecule has 20 heavy (non-hydrogen) atoms. The van der Waals surface area contributed by atoms with E-state index in [1.165, 1.54) is 0 Å². The van der Waals surface area contributed by atoms with Crippen molar-refractivity contribution in [3.05, 3.63) is 28.2 Å². The molecule has 2 rings (SSSR count). The smallest absolute Gasteiger partial charge is 0.251 e. The van der Waals surface area contributed by atoms with Crippen LogP contribution in [0.15, 0.2) is 22.7 Å². The van der Waals surface area contributed by atoms with E-state index in [0.717, 1.165) is 17.3 Å². The van der Waals surface area contributed by atoms with Crippen molar-refractivity contribution in [3.8, 4) is 0 Å². The van der Waals surface area contributed by atoms with Crippen molar-refractivity contribution in [2.75, 3.05) is 12.3 Å². The molecule has 0 aliphatic heterocycles. The summed E-state index contributed by atoms with van der Waals surface area (Å²) in [6.45, 7) is 0.479. The Kier molecular flexibility index (Phi) is 5.00. The van der Waals surface area contributed by atoms with Crippen LogP contribution in [0.25, 0.3) is 0 Å². The number of carbonyl (C=O) groups excluding carboxylic acids is 2. The first-order chi connectivity index (χ1) is 9.56. The van der Waals surface area contributed by atoms with E-state index in [1.54, 1.807) is 18.2 Å². The third-order valence-electron chi connectivity index (χ3n) is 3.07. The Bertz CT molecular complexity index is 515. The summed E-state index contributed by atoms with van der Waals surface area (Å²) in [5.41, 5.74) is 6.78. The maximum absolute atomic E-state index is 11.9. The van der Waals surface area contributed by atoms with Gasteiger partial charge in [0.1, 0.15) is 0 Å². The molecule has 0 bridgehead atoms. The maximum Gasteiger partial charge on any atom is 0.251 e. The average molecular weight is 340 g/mol. The quantitative estimate of drug-likeness (QED) is 0.546. The van der Waals surface area contributed by atoms with Gasteiger partial charge in [-0.25, -0.2) is 0 Å². The minimum Gasteiger partial charge on any atom is -0.398 e. The minimum atomic E-state index is -0.174. The van der Waals surface area contributed by atoms with E-state index < -0.39 is 0 Å². The van der Waals surface area contributed by atoms with Crippen LogP contribution in [0, 0.1) is 0 Å². The van der Waals surface area contributed by atoms with Gasteiger partial charge in [-0.1, -0.05) is 0 Å². The normalized spacial score (nSPS) is 13.8. The average Bonchev–Trinajstić information content (AvgIpc) is 3.21. The standard InChI is InChI=1S/C14H18BrN3O2/c15-11-6-3-9(8-12(11)16)14(20)17-7-1-2-13(19)18-10-4-5-10/h3,6,8,10H,1-2,4-5,7,16H2,(H,17,20)(H,18,19). The fourth-order valence-corrected chi connectivity index (χ4v) is 2.01. The highest BCUT2D eigenvalue weighted by Crippen LogP contribution is 2.20. The van der Waals surface area contributed by atoms with Crippen molar-refractivity contribution < 1.29 is 9.59 Å². The van der Waals surface area contributed by atoms with E-state index in [-0.39, 0.29) is 11.8 Å². The van der Waals surface area contributed by atoms with E-state index in [2.05, 4.69) is 26.6 Å². The van der Waals surface area contributed by atoms with Gasteiger partial charge < -0.3 is 16.4 Å². The summed E-state index contributed by atoms with van der Waals surface area (Å²) in [6, 6.07) is 5.46. The zero-order valence-electron chi connectivity index (χ0n) is 11.1. The molecule has 1 aromatic carbocycles. The second-order valence-corrected chi connectivity index (χ2v) is 5.79. The zero-order valence-corrected chi connectivity index (χ0v) is 12.7. The van der Waals surface area contributed by atoms with E-state index in [9.17, 15) is 9.59 Å². The number of carbonyl (C=O) groups is 2. The molecule has 0 aromatic heterocycles. The van der Waals surface area contributed by atoms with Crippen LogP contribution < -0.4 is 16.4 Å². The Morgan fingerprint density at radius 1 is 1.35 bits per heavy atom. The summed E-state index contributed by atoms with van der Waals surface area (Å²) in [7, 11) is 0. The third kappa shape index (κ3) is 4.52. The highest BCUT2D eigenvalue weighted by Gasteiger charge is 2.22. The molecule has 1 saturated carbocycles. The molecule has 0 atom stereocenters. The van der Waals surface area contributed by atoms with Crippen LogP contribution in [-0.4, -0.2) is 24.4 Å². The molecule has 2 amide bonds. The molecule has 1 fully saturated rings. The monoisotopic (exact) mass is 339 g/mol. The number of halogens is 1. The van der Waals surface area contributed by atoms with Gasteiger partial charge in [0.05, 0.1) is 0 Å². The van der Waals surface area contributed by atoms with Gasteiger partial charge >= 0.3 is 0 Å². The van der Waals surface area contributed by atoms with Crippen LogP contribution in [0.2, 0.25) is 0 Å². The first-order valence-corrected chi connectivity index (χ1v) is 7.48. The Morgan fingerprint density at radius 3 is 2.75 bits per heavy atom. The number of benzene rings is 1. The van der Waals surface area contributed by atoms with Gasteiger partial charge in [0.25, 0.3) is 5.91 Å². The predicted molar refractivity (Wildman–Crippen MR) is 81.3 cm³/mol. The van der Waals surface area contributed by atoms with Gasteiger partial charge in [-0.05, 0) is 53.4 Å². The molecule has 4 N–H and O–H groups in total. The summed E-state index contributed by atoms with van der Waals surface area (Å²) in [5, 5.41) is 5.69. The molecule has 6 heteroatoms. The zero-order chi connectivity index (χ0) is 14.5. The van der Waals surface area contributed by atoms with Gasteiger partial charge in [-0.2, -0.15) is 0 Å². The lowest BCUT2D eigenvalue weighted by Crippen LogP contribution is -2.28. The van der Waals surface area contributed by atoms with Crippen molar-refractivity contribution in [1.29, 1.82) is 0 Å². The summed E-state index contributed by atoms with van der Waals surface area (Å²) in [5.74, 6) is -0.110. The molecular weight excluding hydrogens is 322 g/mol. The van der Waals surface area contributed by atoms with Gasteiger partial charge in [-0.15, -0.1) is 0 Å². The lowest BCUT2D eigenvalue weighted by Gasteiger charge is -2.07. The van der Waals surface area contributed by atoms with Crippen LogP contribution >= 0.6 is 15.9 Å². The number of amides is 2. The molecule has 0 unspecified atom stereocenters.